The third kappa shape index (κ3) is 6.68. The van der Waals surface area contributed by atoms with Crippen LogP contribution in [0.25, 0.3) is 0 Å². The molecule has 0 radical (unpaired) electrons. The maximum absolute atomic E-state index is 12.5. The maximum Gasteiger partial charge on any atom is 0.241 e. The van der Waals surface area contributed by atoms with Crippen molar-refractivity contribution in [2.75, 3.05) is 5.32 Å². The Morgan fingerprint density at radius 2 is 1.66 bits per heavy atom. The highest BCUT2D eigenvalue weighted by atomic mass is 32.2. The van der Waals surface area contributed by atoms with Gasteiger partial charge < -0.3 is 5.32 Å². The molecule has 158 valence electrons. The summed E-state index contributed by atoms with van der Waals surface area (Å²) < 4.78 is 27.4. The number of carbonyl (C=O) groups excluding carboxylic acids is 1. The standard InChI is InChI=1S/C23H32N2O3S/c1-16(2)20-9-7-8-17(3)22(20)24-21(26)15-12-18-10-13-19(14-11-18)29(27,28)25-23(4,5)6/h7-11,13-14,16,25H,12,15H2,1-6H3,(H,24,26). The van der Waals surface area contributed by atoms with Crippen molar-refractivity contribution in [3.63, 3.8) is 0 Å². The first-order valence-electron chi connectivity index (χ1n) is 9.91. The molecule has 0 aliphatic heterocycles. The molecule has 2 rings (SSSR count). The van der Waals surface area contributed by atoms with Gasteiger partial charge in [0.15, 0.2) is 0 Å². The Morgan fingerprint density at radius 1 is 1.03 bits per heavy atom. The predicted octanol–water partition coefficient (Wildman–Crippen LogP) is 4.77. The molecule has 0 bridgehead atoms. The second-order valence-electron chi connectivity index (χ2n) is 8.74. The van der Waals surface area contributed by atoms with Gasteiger partial charge in [0.2, 0.25) is 15.9 Å². The molecule has 0 atom stereocenters. The lowest BCUT2D eigenvalue weighted by molar-refractivity contribution is -0.116. The lowest BCUT2D eigenvalue weighted by Gasteiger charge is -2.20. The third-order valence-electron chi connectivity index (χ3n) is 4.51. The van der Waals surface area contributed by atoms with Gasteiger partial charge in [-0.2, -0.15) is 0 Å². The molecule has 0 fully saturated rings. The number of sulfonamides is 1. The molecule has 5 nitrogen and oxygen atoms in total. The summed E-state index contributed by atoms with van der Waals surface area (Å²) in [5, 5.41) is 3.05. The molecule has 2 aromatic rings. The number of anilines is 1. The topological polar surface area (TPSA) is 75.3 Å². The summed E-state index contributed by atoms with van der Waals surface area (Å²) in [7, 11) is -3.55. The summed E-state index contributed by atoms with van der Waals surface area (Å²) in [4.78, 5) is 12.7. The van der Waals surface area contributed by atoms with Gasteiger partial charge >= 0.3 is 0 Å². The first-order valence-corrected chi connectivity index (χ1v) is 11.4. The highest BCUT2D eigenvalue weighted by Crippen LogP contribution is 2.27. The Labute approximate surface area is 175 Å². The molecule has 0 spiro atoms. The molecular formula is C23H32N2O3S. The Balaban J connectivity index is 2.02. The average molecular weight is 417 g/mol. The van der Waals surface area contributed by atoms with Gasteiger partial charge in [-0.25, -0.2) is 13.1 Å². The van der Waals surface area contributed by atoms with Crippen LogP contribution >= 0.6 is 0 Å². The van der Waals surface area contributed by atoms with Crippen LogP contribution in [0.4, 0.5) is 5.69 Å². The van der Waals surface area contributed by atoms with Crippen molar-refractivity contribution < 1.29 is 13.2 Å². The molecule has 0 aromatic heterocycles. The largest absolute Gasteiger partial charge is 0.326 e. The van der Waals surface area contributed by atoms with Gasteiger partial charge in [-0.1, -0.05) is 44.2 Å². The molecule has 0 heterocycles. The summed E-state index contributed by atoms with van der Waals surface area (Å²) >= 11 is 0. The number of hydrogen-bond acceptors (Lipinski definition) is 3. The van der Waals surface area contributed by atoms with Crippen molar-refractivity contribution >= 4 is 21.6 Å². The van der Waals surface area contributed by atoms with E-state index in [1.54, 1.807) is 45.0 Å². The fraction of sp³-hybridized carbons (Fsp3) is 0.435. The fourth-order valence-corrected chi connectivity index (χ4v) is 4.52. The van der Waals surface area contributed by atoms with Crippen LogP contribution in [0, 0.1) is 6.92 Å². The normalized spacial score (nSPS) is 12.2. The lowest BCUT2D eigenvalue weighted by Crippen LogP contribution is -2.40. The molecule has 1 amide bonds. The summed E-state index contributed by atoms with van der Waals surface area (Å²) in [6.45, 7) is 11.6. The van der Waals surface area contributed by atoms with E-state index in [0.717, 1.165) is 22.4 Å². The van der Waals surface area contributed by atoms with E-state index in [1.807, 2.05) is 25.1 Å². The molecule has 0 saturated carbocycles. The second-order valence-corrected chi connectivity index (χ2v) is 10.4. The number of rotatable bonds is 7. The van der Waals surface area contributed by atoms with E-state index in [-0.39, 0.29) is 10.8 Å². The third-order valence-corrected chi connectivity index (χ3v) is 6.28. The first kappa shape index (κ1) is 23.1. The van der Waals surface area contributed by atoms with Crippen molar-refractivity contribution in [1.29, 1.82) is 0 Å². The fourth-order valence-electron chi connectivity index (χ4n) is 3.10. The summed E-state index contributed by atoms with van der Waals surface area (Å²) in [6, 6.07) is 12.7. The number of carbonyl (C=O) groups is 1. The molecule has 29 heavy (non-hydrogen) atoms. The zero-order valence-corrected chi connectivity index (χ0v) is 19.0. The van der Waals surface area contributed by atoms with Crippen LogP contribution in [0.5, 0.6) is 0 Å². The number of hydrogen-bond donors (Lipinski definition) is 2. The first-order chi connectivity index (χ1) is 13.4. The Bertz CT molecular complexity index is 957. The predicted molar refractivity (Wildman–Crippen MR) is 119 cm³/mol. The molecule has 2 aromatic carbocycles. The zero-order chi connectivity index (χ0) is 21.8. The van der Waals surface area contributed by atoms with Gasteiger partial charge in [-0.15, -0.1) is 0 Å². The van der Waals surface area contributed by atoms with E-state index in [2.05, 4.69) is 23.9 Å². The summed E-state index contributed by atoms with van der Waals surface area (Å²) in [6.07, 6.45) is 0.875. The van der Waals surface area contributed by atoms with E-state index >= 15 is 0 Å². The summed E-state index contributed by atoms with van der Waals surface area (Å²) in [5.41, 5.74) is 3.44. The molecular weight excluding hydrogens is 384 g/mol. The van der Waals surface area contributed by atoms with Crippen LogP contribution in [0.2, 0.25) is 0 Å². The van der Waals surface area contributed by atoms with Crippen LogP contribution in [0.3, 0.4) is 0 Å². The second kappa shape index (κ2) is 9.09. The van der Waals surface area contributed by atoms with Crippen molar-refractivity contribution in [3.8, 4) is 0 Å². The minimum absolute atomic E-state index is 0.0488. The van der Waals surface area contributed by atoms with Gasteiger partial charge in [-0.3, -0.25) is 4.79 Å². The van der Waals surface area contributed by atoms with Gasteiger partial charge in [-0.05, 0) is 68.9 Å². The summed E-state index contributed by atoms with van der Waals surface area (Å²) in [5.74, 6) is 0.272. The number of para-hydroxylation sites is 1. The minimum Gasteiger partial charge on any atom is -0.326 e. The molecule has 6 heteroatoms. The van der Waals surface area contributed by atoms with Gasteiger partial charge in [0.05, 0.1) is 4.90 Å². The van der Waals surface area contributed by atoms with E-state index in [4.69, 9.17) is 0 Å². The molecule has 2 N–H and O–H groups in total. The lowest BCUT2D eigenvalue weighted by atomic mass is 9.98. The van der Waals surface area contributed by atoms with Gasteiger partial charge in [0.25, 0.3) is 0 Å². The minimum atomic E-state index is -3.55. The SMILES string of the molecule is Cc1cccc(C(C)C)c1NC(=O)CCc1ccc(S(=O)(=O)NC(C)(C)C)cc1. The van der Waals surface area contributed by atoms with Crippen molar-refractivity contribution in [1.82, 2.24) is 4.72 Å². The van der Waals surface area contributed by atoms with Crippen LogP contribution in [0.1, 0.15) is 63.6 Å². The van der Waals surface area contributed by atoms with E-state index < -0.39 is 15.6 Å². The number of nitrogens with one attached hydrogen (secondary N) is 2. The quantitative estimate of drug-likeness (QED) is 0.683. The molecule has 0 unspecified atom stereocenters. The van der Waals surface area contributed by atoms with Crippen LogP contribution < -0.4 is 10.0 Å². The molecule has 0 saturated heterocycles. The van der Waals surface area contributed by atoms with Crippen molar-refractivity contribution in [2.24, 2.45) is 0 Å². The monoisotopic (exact) mass is 416 g/mol. The average Bonchev–Trinajstić information content (AvgIpc) is 2.60. The number of amides is 1. The van der Waals surface area contributed by atoms with Crippen molar-refractivity contribution in [3.05, 3.63) is 59.2 Å². The smallest absolute Gasteiger partial charge is 0.241 e. The molecule has 0 aliphatic rings. The highest BCUT2D eigenvalue weighted by molar-refractivity contribution is 7.89. The zero-order valence-electron chi connectivity index (χ0n) is 18.2. The van der Waals surface area contributed by atoms with E-state index in [1.165, 1.54) is 0 Å². The van der Waals surface area contributed by atoms with Crippen LogP contribution in [0.15, 0.2) is 47.4 Å². The van der Waals surface area contributed by atoms with Crippen LogP contribution in [-0.4, -0.2) is 19.9 Å². The highest BCUT2D eigenvalue weighted by Gasteiger charge is 2.21. The van der Waals surface area contributed by atoms with E-state index in [9.17, 15) is 13.2 Å². The molecule has 0 aliphatic carbocycles. The Hall–Kier alpha value is -2.18. The Kier molecular flexibility index (Phi) is 7.25. The van der Waals surface area contributed by atoms with Crippen molar-refractivity contribution in [2.45, 2.75) is 70.7 Å². The number of aryl methyl sites for hydroxylation is 2. The van der Waals surface area contributed by atoms with Gasteiger partial charge in [0.1, 0.15) is 0 Å². The van der Waals surface area contributed by atoms with E-state index in [0.29, 0.717) is 18.8 Å². The van der Waals surface area contributed by atoms with Crippen LogP contribution in [-0.2, 0) is 21.2 Å². The maximum atomic E-state index is 12.5. The number of benzene rings is 2. The Morgan fingerprint density at radius 3 is 2.21 bits per heavy atom. The van der Waals surface area contributed by atoms with Gasteiger partial charge in [0, 0.05) is 17.6 Å².